The van der Waals surface area contributed by atoms with Crippen LogP contribution in [0.5, 0.6) is 0 Å². The van der Waals surface area contributed by atoms with Gasteiger partial charge in [-0.1, -0.05) is 18.3 Å². The summed E-state index contributed by atoms with van der Waals surface area (Å²) < 4.78 is 0. The zero-order chi connectivity index (χ0) is 5.70. The van der Waals surface area contributed by atoms with Gasteiger partial charge in [-0.05, 0) is 6.92 Å². The molecule has 40 valence electrons. The number of hydrogen-bond acceptors (Lipinski definition) is 1. The molecule has 0 fully saturated rings. The molecule has 0 saturated heterocycles. The summed E-state index contributed by atoms with van der Waals surface area (Å²) in [6.07, 6.45) is 1.77. The van der Waals surface area contributed by atoms with Crippen LogP contribution in [0.25, 0.3) is 0 Å². The van der Waals surface area contributed by atoms with Crippen molar-refractivity contribution in [2.45, 2.75) is 6.92 Å². The van der Waals surface area contributed by atoms with E-state index in [4.69, 9.17) is 12.2 Å². The quantitative estimate of drug-likeness (QED) is 0.427. The van der Waals surface area contributed by atoms with E-state index in [1.807, 2.05) is 6.92 Å². The van der Waals surface area contributed by atoms with E-state index in [1.165, 1.54) is 0 Å². The van der Waals surface area contributed by atoms with Crippen LogP contribution in [0, 0.1) is 0 Å². The molecule has 0 aromatic carbocycles. The smallest absolute Gasteiger partial charge is 0.0724 e. The molecule has 0 aromatic rings. The number of nitrogens with one attached hydrogen (secondary N) is 1. The normalized spacial score (nSPS) is 7.57. The third-order valence-electron chi connectivity index (χ3n) is 0.495. The molecule has 0 rings (SSSR count). The second-order valence-electron chi connectivity index (χ2n) is 1.23. The molecule has 0 radical (unpaired) electrons. The van der Waals surface area contributed by atoms with Crippen LogP contribution in [-0.2, 0) is 0 Å². The first-order valence-corrected chi connectivity index (χ1v) is 2.53. The summed E-state index contributed by atoms with van der Waals surface area (Å²) in [7, 11) is 0. The van der Waals surface area contributed by atoms with Crippen LogP contribution in [-0.4, -0.2) is 11.5 Å². The molecule has 7 heavy (non-hydrogen) atoms. The van der Waals surface area contributed by atoms with Crippen LogP contribution in [0.4, 0.5) is 0 Å². The van der Waals surface area contributed by atoms with Crippen molar-refractivity contribution in [2.75, 3.05) is 6.54 Å². The van der Waals surface area contributed by atoms with Crippen molar-refractivity contribution in [3.05, 3.63) is 12.7 Å². The fourth-order valence-corrected chi connectivity index (χ4v) is 0.299. The zero-order valence-corrected chi connectivity index (χ0v) is 5.22. The van der Waals surface area contributed by atoms with E-state index in [0.29, 0.717) is 0 Å². The lowest BCUT2D eigenvalue weighted by Gasteiger charge is -1.94. The highest BCUT2D eigenvalue weighted by Gasteiger charge is 1.75. The van der Waals surface area contributed by atoms with Crippen molar-refractivity contribution >= 4 is 17.2 Å². The average Bonchev–Trinajstić information content (AvgIpc) is 1.61. The Labute approximate surface area is 49.4 Å². The predicted octanol–water partition coefficient (Wildman–Crippen LogP) is 1.11. The Balaban J connectivity index is 2.97. The van der Waals surface area contributed by atoms with Crippen LogP contribution in [0.3, 0.4) is 0 Å². The Morgan fingerprint density at radius 3 is 2.71 bits per heavy atom. The molecule has 1 nitrogen and oxygen atoms in total. The summed E-state index contributed by atoms with van der Waals surface area (Å²) in [5.74, 6) is 0. The highest BCUT2D eigenvalue weighted by molar-refractivity contribution is 7.80. The molecule has 0 aromatic heterocycles. The SMILES string of the molecule is C=CCNC(C)=S. The van der Waals surface area contributed by atoms with Gasteiger partial charge in [0.15, 0.2) is 0 Å². The van der Waals surface area contributed by atoms with Crippen LogP contribution < -0.4 is 5.32 Å². The lowest BCUT2D eigenvalue weighted by Crippen LogP contribution is -2.16. The summed E-state index contributed by atoms with van der Waals surface area (Å²) in [6.45, 7) is 6.13. The first kappa shape index (κ1) is 6.63. The zero-order valence-electron chi connectivity index (χ0n) is 4.40. The third-order valence-corrected chi connectivity index (χ3v) is 0.640. The predicted molar refractivity (Wildman–Crippen MR) is 36.5 cm³/mol. The van der Waals surface area contributed by atoms with Gasteiger partial charge in [0.2, 0.25) is 0 Å². The van der Waals surface area contributed by atoms with Crippen LogP contribution >= 0.6 is 12.2 Å². The topological polar surface area (TPSA) is 12.0 Å². The van der Waals surface area contributed by atoms with Crippen LogP contribution in [0.1, 0.15) is 6.92 Å². The van der Waals surface area contributed by atoms with E-state index in [9.17, 15) is 0 Å². The molecule has 0 spiro atoms. The van der Waals surface area contributed by atoms with Gasteiger partial charge in [0.25, 0.3) is 0 Å². The van der Waals surface area contributed by atoms with E-state index in [0.717, 1.165) is 11.5 Å². The summed E-state index contributed by atoms with van der Waals surface area (Å²) in [6, 6.07) is 0. The molecular formula is C5H9NS. The van der Waals surface area contributed by atoms with E-state index < -0.39 is 0 Å². The van der Waals surface area contributed by atoms with E-state index >= 15 is 0 Å². The van der Waals surface area contributed by atoms with Crippen molar-refractivity contribution in [3.8, 4) is 0 Å². The summed E-state index contributed by atoms with van der Waals surface area (Å²) in [5, 5.41) is 2.91. The third kappa shape index (κ3) is 5.63. The average molecular weight is 115 g/mol. The van der Waals surface area contributed by atoms with Crippen LogP contribution in [0.2, 0.25) is 0 Å². The molecule has 0 aliphatic carbocycles. The molecule has 0 heterocycles. The van der Waals surface area contributed by atoms with Gasteiger partial charge < -0.3 is 5.32 Å². The Bertz CT molecular complexity index is 78.1. The maximum atomic E-state index is 4.70. The Kier molecular flexibility index (Phi) is 3.61. The second-order valence-corrected chi connectivity index (χ2v) is 1.84. The molecule has 0 bridgehead atoms. The van der Waals surface area contributed by atoms with Crippen molar-refractivity contribution in [3.63, 3.8) is 0 Å². The lowest BCUT2D eigenvalue weighted by atomic mass is 10.6. The molecule has 2 heteroatoms. The number of rotatable bonds is 2. The fraction of sp³-hybridized carbons (Fsp3) is 0.400. The van der Waals surface area contributed by atoms with Crippen molar-refractivity contribution < 1.29 is 0 Å². The van der Waals surface area contributed by atoms with Gasteiger partial charge in [-0.25, -0.2) is 0 Å². The van der Waals surface area contributed by atoms with Gasteiger partial charge in [-0.15, -0.1) is 6.58 Å². The first-order valence-electron chi connectivity index (χ1n) is 2.12. The highest BCUT2D eigenvalue weighted by Crippen LogP contribution is 1.65. The molecule has 0 unspecified atom stereocenters. The van der Waals surface area contributed by atoms with Crippen LogP contribution in [0.15, 0.2) is 12.7 Å². The first-order chi connectivity index (χ1) is 3.27. The van der Waals surface area contributed by atoms with Crippen molar-refractivity contribution in [1.82, 2.24) is 5.32 Å². The Hall–Kier alpha value is -0.370. The van der Waals surface area contributed by atoms with Gasteiger partial charge in [-0.2, -0.15) is 0 Å². The summed E-state index contributed by atoms with van der Waals surface area (Å²) in [5.41, 5.74) is 0. The van der Waals surface area contributed by atoms with Gasteiger partial charge in [0, 0.05) is 6.54 Å². The minimum Gasteiger partial charge on any atom is -0.376 e. The van der Waals surface area contributed by atoms with E-state index in [-0.39, 0.29) is 0 Å². The molecule has 0 aliphatic heterocycles. The monoisotopic (exact) mass is 115 g/mol. The molecule has 1 N–H and O–H groups in total. The fourth-order valence-electron chi connectivity index (χ4n) is 0.216. The van der Waals surface area contributed by atoms with Gasteiger partial charge in [-0.3, -0.25) is 0 Å². The molecule has 0 saturated carbocycles. The van der Waals surface area contributed by atoms with Crippen molar-refractivity contribution in [1.29, 1.82) is 0 Å². The maximum absolute atomic E-state index is 4.70. The van der Waals surface area contributed by atoms with Crippen molar-refractivity contribution in [2.24, 2.45) is 0 Å². The minimum absolute atomic E-state index is 0.773. The molecular weight excluding hydrogens is 106 g/mol. The molecule has 0 aliphatic rings. The highest BCUT2D eigenvalue weighted by atomic mass is 32.1. The summed E-state index contributed by atoms with van der Waals surface area (Å²) in [4.78, 5) is 0.819. The Morgan fingerprint density at radius 2 is 2.57 bits per heavy atom. The molecule has 0 amide bonds. The van der Waals surface area contributed by atoms with Gasteiger partial charge in [0.05, 0.1) is 4.99 Å². The Morgan fingerprint density at radius 1 is 2.00 bits per heavy atom. The maximum Gasteiger partial charge on any atom is 0.0724 e. The van der Waals surface area contributed by atoms with Gasteiger partial charge >= 0.3 is 0 Å². The van der Waals surface area contributed by atoms with E-state index in [1.54, 1.807) is 6.08 Å². The second kappa shape index (κ2) is 3.81. The number of hydrogen-bond donors (Lipinski definition) is 1. The molecule has 0 atom stereocenters. The van der Waals surface area contributed by atoms with Gasteiger partial charge in [0.1, 0.15) is 0 Å². The minimum atomic E-state index is 0.773. The number of thiocarbonyl (C=S) groups is 1. The summed E-state index contributed by atoms with van der Waals surface area (Å²) >= 11 is 4.70. The van der Waals surface area contributed by atoms with E-state index in [2.05, 4.69) is 11.9 Å². The lowest BCUT2D eigenvalue weighted by molar-refractivity contribution is 1.06. The standard InChI is InChI=1S/C5H9NS/c1-3-4-6-5(2)7/h3H,1,4H2,2H3,(H,6,7). The largest absolute Gasteiger partial charge is 0.376 e.